The summed E-state index contributed by atoms with van der Waals surface area (Å²) in [5.74, 6) is 2.70. The predicted octanol–water partition coefficient (Wildman–Crippen LogP) is 3.16. The topological polar surface area (TPSA) is 15.3 Å². The summed E-state index contributed by atoms with van der Waals surface area (Å²) in [5.41, 5.74) is 2.28. The number of halogens is 1. The van der Waals surface area contributed by atoms with Crippen LogP contribution in [-0.4, -0.2) is 30.6 Å². The Morgan fingerprint density at radius 2 is 2.17 bits per heavy atom. The fourth-order valence-electron chi connectivity index (χ4n) is 2.38. The number of nitrogens with zero attached hydrogens (tertiary/aromatic N) is 1. The van der Waals surface area contributed by atoms with Gasteiger partial charge in [0.05, 0.1) is 17.3 Å². The SMILES string of the molecule is C#CCN1CCC(Nc2c(C)cccc2Cl)CC1. The lowest BCUT2D eigenvalue weighted by Gasteiger charge is -2.32. The molecule has 0 amide bonds. The molecule has 2 rings (SSSR count). The zero-order valence-corrected chi connectivity index (χ0v) is 11.5. The molecule has 96 valence electrons. The van der Waals surface area contributed by atoms with Crippen molar-refractivity contribution in [1.82, 2.24) is 4.90 Å². The van der Waals surface area contributed by atoms with Crippen molar-refractivity contribution in [1.29, 1.82) is 0 Å². The number of hydrogen-bond donors (Lipinski definition) is 1. The van der Waals surface area contributed by atoms with Gasteiger partial charge in [-0.25, -0.2) is 0 Å². The van der Waals surface area contributed by atoms with Gasteiger partial charge in [-0.2, -0.15) is 0 Å². The average Bonchev–Trinajstić information content (AvgIpc) is 2.36. The summed E-state index contributed by atoms with van der Waals surface area (Å²) >= 11 is 6.23. The molecule has 0 aliphatic carbocycles. The summed E-state index contributed by atoms with van der Waals surface area (Å²) in [7, 11) is 0. The third-order valence-corrected chi connectivity index (χ3v) is 3.79. The molecule has 1 aromatic carbocycles. The number of nitrogens with one attached hydrogen (secondary N) is 1. The Labute approximate surface area is 114 Å². The molecule has 1 heterocycles. The molecule has 0 aromatic heterocycles. The number of aryl methyl sites for hydroxylation is 1. The molecule has 0 saturated carbocycles. The molecule has 3 heteroatoms. The minimum atomic E-state index is 0.498. The van der Waals surface area contributed by atoms with Crippen LogP contribution in [0.4, 0.5) is 5.69 Å². The maximum Gasteiger partial charge on any atom is 0.0640 e. The highest BCUT2D eigenvalue weighted by Gasteiger charge is 2.19. The van der Waals surface area contributed by atoms with Gasteiger partial charge in [0.1, 0.15) is 0 Å². The minimum absolute atomic E-state index is 0.498. The second-order valence-electron chi connectivity index (χ2n) is 4.83. The highest BCUT2D eigenvalue weighted by molar-refractivity contribution is 6.33. The summed E-state index contributed by atoms with van der Waals surface area (Å²) in [5, 5.41) is 4.38. The molecule has 0 atom stereocenters. The van der Waals surface area contributed by atoms with Crippen molar-refractivity contribution in [3.63, 3.8) is 0 Å². The van der Waals surface area contributed by atoms with E-state index in [2.05, 4.69) is 29.1 Å². The van der Waals surface area contributed by atoms with Gasteiger partial charge in [-0.05, 0) is 31.4 Å². The van der Waals surface area contributed by atoms with Crippen LogP contribution < -0.4 is 5.32 Å². The molecule has 0 unspecified atom stereocenters. The van der Waals surface area contributed by atoms with Crippen molar-refractivity contribution in [2.45, 2.75) is 25.8 Å². The average molecular weight is 263 g/mol. The number of likely N-dealkylation sites (tertiary alicyclic amines) is 1. The minimum Gasteiger partial charge on any atom is -0.381 e. The van der Waals surface area contributed by atoms with Crippen LogP contribution in [0.1, 0.15) is 18.4 Å². The van der Waals surface area contributed by atoms with Gasteiger partial charge in [-0.1, -0.05) is 29.7 Å². The third-order valence-electron chi connectivity index (χ3n) is 3.47. The molecule has 0 bridgehead atoms. The second-order valence-corrected chi connectivity index (χ2v) is 5.24. The first-order valence-corrected chi connectivity index (χ1v) is 6.76. The maximum absolute atomic E-state index is 6.23. The van der Waals surface area contributed by atoms with Gasteiger partial charge in [0.2, 0.25) is 0 Å². The first kappa shape index (κ1) is 13.3. The van der Waals surface area contributed by atoms with Crippen molar-refractivity contribution < 1.29 is 0 Å². The number of anilines is 1. The van der Waals surface area contributed by atoms with E-state index in [4.69, 9.17) is 18.0 Å². The van der Waals surface area contributed by atoms with Crippen LogP contribution in [0.15, 0.2) is 18.2 Å². The van der Waals surface area contributed by atoms with E-state index in [0.29, 0.717) is 6.04 Å². The highest BCUT2D eigenvalue weighted by atomic mass is 35.5. The van der Waals surface area contributed by atoms with Gasteiger partial charge in [0.15, 0.2) is 0 Å². The van der Waals surface area contributed by atoms with Gasteiger partial charge in [-0.3, -0.25) is 4.90 Å². The number of para-hydroxylation sites is 1. The quantitative estimate of drug-likeness (QED) is 0.842. The van der Waals surface area contributed by atoms with Crippen LogP contribution in [0.2, 0.25) is 5.02 Å². The molecule has 0 spiro atoms. The number of terminal acetylenes is 1. The molecule has 2 nitrogen and oxygen atoms in total. The number of piperidine rings is 1. The largest absolute Gasteiger partial charge is 0.381 e. The molecule has 1 fully saturated rings. The monoisotopic (exact) mass is 262 g/mol. The summed E-state index contributed by atoms with van der Waals surface area (Å²) in [4.78, 5) is 2.32. The smallest absolute Gasteiger partial charge is 0.0640 e. The van der Waals surface area contributed by atoms with E-state index in [1.54, 1.807) is 0 Å². The van der Waals surface area contributed by atoms with Crippen LogP contribution >= 0.6 is 11.6 Å². The Morgan fingerprint density at radius 1 is 1.44 bits per heavy atom. The summed E-state index contributed by atoms with van der Waals surface area (Å²) in [6, 6.07) is 6.50. The molecule has 1 aliphatic heterocycles. The van der Waals surface area contributed by atoms with Crippen molar-refractivity contribution in [2.24, 2.45) is 0 Å². The molecule has 1 aromatic rings. The predicted molar refractivity (Wildman–Crippen MR) is 78.1 cm³/mol. The van der Waals surface area contributed by atoms with E-state index in [1.807, 2.05) is 12.1 Å². The molecule has 18 heavy (non-hydrogen) atoms. The van der Waals surface area contributed by atoms with Crippen molar-refractivity contribution >= 4 is 17.3 Å². The highest BCUT2D eigenvalue weighted by Crippen LogP contribution is 2.27. The molecule has 1 N–H and O–H groups in total. The van der Waals surface area contributed by atoms with Gasteiger partial charge in [-0.15, -0.1) is 6.42 Å². The van der Waals surface area contributed by atoms with Crippen LogP contribution in [0.3, 0.4) is 0 Å². The lowest BCUT2D eigenvalue weighted by molar-refractivity contribution is 0.243. The van der Waals surface area contributed by atoms with Crippen LogP contribution in [0.5, 0.6) is 0 Å². The standard InChI is InChI=1S/C15H19ClN2/c1-3-9-18-10-7-13(8-11-18)17-15-12(2)5-4-6-14(15)16/h1,4-6,13,17H,7-11H2,2H3. The zero-order chi connectivity index (χ0) is 13.0. The Hall–Kier alpha value is -1.17. The first-order chi connectivity index (χ1) is 8.70. The number of hydrogen-bond acceptors (Lipinski definition) is 2. The van der Waals surface area contributed by atoms with Crippen LogP contribution in [0, 0.1) is 19.3 Å². The summed E-state index contributed by atoms with van der Waals surface area (Å²) in [6.07, 6.45) is 7.57. The van der Waals surface area contributed by atoms with E-state index in [1.165, 1.54) is 5.56 Å². The number of benzene rings is 1. The Kier molecular flexibility index (Phi) is 4.52. The van der Waals surface area contributed by atoms with E-state index in [9.17, 15) is 0 Å². The van der Waals surface area contributed by atoms with Gasteiger partial charge in [0.25, 0.3) is 0 Å². The lowest BCUT2D eigenvalue weighted by atomic mass is 10.0. The third kappa shape index (κ3) is 3.19. The maximum atomic E-state index is 6.23. The Morgan fingerprint density at radius 3 is 2.78 bits per heavy atom. The zero-order valence-electron chi connectivity index (χ0n) is 10.7. The van der Waals surface area contributed by atoms with Gasteiger partial charge >= 0.3 is 0 Å². The fourth-order valence-corrected chi connectivity index (χ4v) is 2.66. The molecule has 0 radical (unpaired) electrons. The first-order valence-electron chi connectivity index (χ1n) is 6.38. The van der Waals surface area contributed by atoms with Crippen molar-refractivity contribution in [2.75, 3.05) is 25.0 Å². The normalized spacial score (nSPS) is 17.4. The van der Waals surface area contributed by atoms with E-state index >= 15 is 0 Å². The molecular formula is C15H19ClN2. The Balaban J connectivity index is 1.94. The van der Waals surface area contributed by atoms with Gasteiger partial charge < -0.3 is 5.32 Å². The van der Waals surface area contributed by atoms with Gasteiger partial charge in [0, 0.05) is 19.1 Å². The molecule has 1 aliphatic rings. The Bertz CT molecular complexity index is 422. The van der Waals surface area contributed by atoms with Crippen LogP contribution in [0.25, 0.3) is 0 Å². The molecule has 1 saturated heterocycles. The van der Waals surface area contributed by atoms with E-state index < -0.39 is 0 Å². The summed E-state index contributed by atoms with van der Waals surface area (Å²) < 4.78 is 0. The second kappa shape index (κ2) is 6.13. The molecular weight excluding hydrogens is 244 g/mol. The van der Waals surface area contributed by atoms with Crippen molar-refractivity contribution in [3.05, 3.63) is 28.8 Å². The van der Waals surface area contributed by atoms with E-state index in [0.717, 1.165) is 43.2 Å². The summed E-state index contributed by atoms with van der Waals surface area (Å²) in [6.45, 7) is 4.97. The number of rotatable bonds is 3. The van der Waals surface area contributed by atoms with Crippen LogP contribution in [-0.2, 0) is 0 Å². The van der Waals surface area contributed by atoms with Crippen molar-refractivity contribution in [3.8, 4) is 12.3 Å². The fraction of sp³-hybridized carbons (Fsp3) is 0.467. The lowest BCUT2D eigenvalue weighted by Crippen LogP contribution is -2.39. The van der Waals surface area contributed by atoms with E-state index in [-0.39, 0.29) is 0 Å².